The molecule has 1 fully saturated rings. The van der Waals surface area contributed by atoms with Gasteiger partial charge in [-0.05, 0) is 64.0 Å². The van der Waals surface area contributed by atoms with Crippen LogP contribution in [0.2, 0.25) is 0 Å². The van der Waals surface area contributed by atoms with Crippen molar-refractivity contribution in [3.8, 4) is 22.5 Å². The number of amides is 1. The first-order valence-electron chi connectivity index (χ1n) is 11.6. The molecule has 0 aliphatic carbocycles. The molecule has 1 aliphatic rings. The fraction of sp³-hybridized carbons (Fsp3) is 0.320. The SMILES string of the molecule is CC(C)(NC(=O)c1cccc(-c2cnc3[nH]c(-c4cnn(C5CCNCC5)c4)cc3c2)n1)C(=O)O. The van der Waals surface area contributed by atoms with Crippen LogP contribution in [0.1, 0.15) is 43.2 Å². The minimum Gasteiger partial charge on any atom is -0.480 e. The predicted molar refractivity (Wildman–Crippen MR) is 131 cm³/mol. The minimum absolute atomic E-state index is 0.136. The number of aliphatic carboxylic acids is 1. The van der Waals surface area contributed by atoms with Crippen LogP contribution in [0, 0.1) is 0 Å². The van der Waals surface area contributed by atoms with Gasteiger partial charge in [-0.25, -0.2) is 14.8 Å². The van der Waals surface area contributed by atoms with E-state index >= 15 is 0 Å². The van der Waals surface area contributed by atoms with Gasteiger partial charge in [0.15, 0.2) is 0 Å². The Morgan fingerprint density at radius 1 is 1.14 bits per heavy atom. The van der Waals surface area contributed by atoms with Gasteiger partial charge >= 0.3 is 5.97 Å². The molecule has 0 aromatic carbocycles. The number of piperidine rings is 1. The van der Waals surface area contributed by atoms with Gasteiger partial charge in [-0.3, -0.25) is 9.48 Å². The summed E-state index contributed by atoms with van der Waals surface area (Å²) in [5, 5.41) is 20.6. The first kappa shape index (κ1) is 22.7. The molecular weight excluding hydrogens is 446 g/mol. The number of aromatic nitrogens is 5. The summed E-state index contributed by atoms with van der Waals surface area (Å²) in [5.41, 5.74) is 2.73. The molecule has 1 saturated heterocycles. The Kier molecular flexibility index (Phi) is 5.81. The van der Waals surface area contributed by atoms with Crippen molar-refractivity contribution in [1.82, 2.24) is 35.4 Å². The van der Waals surface area contributed by atoms with E-state index in [1.54, 1.807) is 24.4 Å². The second-order valence-corrected chi connectivity index (χ2v) is 9.33. The van der Waals surface area contributed by atoms with Gasteiger partial charge in [-0.2, -0.15) is 5.10 Å². The van der Waals surface area contributed by atoms with Crippen molar-refractivity contribution in [2.24, 2.45) is 0 Å². The van der Waals surface area contributed by atoms with Gasteiger partial charge < -0.3 is 20.7 Å². The maximum Gasteiger partial charge on any atom is 0.328 e. The maximum absolute atomic E-state index is 12.6. The summed E-state index contributed by atoms with van der Waals surface area (Å²) in [7, 11) is 0. The number of carbonyl (C=O) groups excluding carboxylic acids is 1. The Morgan fingerprint density at radius 2 is 1.94 bits per heavy atom. The van der Waals surface area contributed by atoms with Crippen LogP contribution in [0.4, 0.5) is 0 Å². The second kappa shape index (κ2) is 8.95. The largest absolute Gasteiger partial charge is 0.480 e. The molecule has 4 aromatic rings. The summed E-state index contributed by atoms with van der Waals surface area (Å²) in [6.45, 7) is 4.86. The van der Waals surface area contributed by atoms with Gasteiger partial charge in [0.1, 0.15) is 16.9 Å². The minimum atomic E-state index is -1.40. The van der Waals surface area contributed by atoms with Crippen LogP contribution in [-0.4, -0.2) is 60.3 Å². The van der Waals surface area contributed by atoms with Crippen molar-refractivity contribution in [3.05, 3.63) is 54.6 Å². The van der Waals surface area contributed by atoms with Crippen molar-refractivity contribution in [1.29, 1.82) is 0 Å². The number of H-pyrrole nitrogens is 1. The Morgan fingerprint density at radius 3 is 2.71 bits per heavy atom. The Hall–Kier alpha value is -4.05. The number of nitrogens with one attached hydrogen (secondary N) is 3. The van der Waals surface area contributed by atoms with Crippen molar-refractivity contribution < 1.29 is 14.7 Å². The maximum atomic E-state index is 12.6. The Labute approximate surface area is 201 Å². The van der Waals surface area contributed by atoms with Crippen LogP contribution in [0.15, 0.2) is 48.9 Å². The lowest BCUT2D eigenvalue weighted by atomic mass is 10.1. The van der Waals surface area contributed by atoms with Crippen molar-refractivity contribution in [2.45, 2.75) is 38.3 Å². The highest BCUT2D eigenvalue weighted by Crippen LogP contribution is 2.28. The standard InChI is InChI=1S/C25H27N7O3/c1-25(2,24(34)35)31-23(33)20-5-3-4-19(29-20)16-10-15-11-21(30-22(15)27-12-16)17-13-28-32(14-17)18-6-8-26-9-7-18/h3-5,10-14,18,26H,6-9H2,1-2H3,(H,27,30)(H,31,33)(H,34,35). The van der Waals surface area contributed by atoms with E-state index in [1.165, 1.54) is 13.8 Å². The molecule has 4 N–H and O–H groups in total. The zero-order chi connectivity index (χ0) is 24.6. The summed E-state index contributed by atoms with van der Waals surface area (Å²) in [6.07, 6.45) is 7.78. The normalized spacial score (nSPS) is 14.8. The molecule has 5 heterocycles. The number of carboxylic acids is 1. The molecule has 0 atom stereocenters. The highest BCUT2D eigenvalue weighted by atomic mass is 16.4. The van der Waals surface area contributed by atoms with E-state index in [4.69, 9.17) is 0 Å². The summed E-state index contributed by atoms with van der Waals surface area (Å²) in [4.78, 5) is 36.2. The lowest BCUT2D eigenvalue weighted by Gasteiger charge is -2.22. The van der Waals surface area contributed by atoms with Gasteiger partial charge in [0.25, 0.3) is 5.91 Å². The number of carbonyl (C=O) groups is 2. The second-order valence-electron chi connectivity index (χ2n) is 9.33. The third kappa shape index (κ3) is 4.65. The number of pyridine rings is 2. The molecule has 5 rings (SSSR count). The Balaban J connectivity index is 1.39. The molecule has 10 nitrogen and oxygen atoms in total. The number of hydrogen-bond acceptors (Lipinski definition) is 6. The van der Waals surface area contributed by atoms with E-state index in [9.17, 15) is 14.7 Å². The summed E-state index contributed by atoms with van der Waals surface area (Å²) >= 11 is 0. The summed E-state index contributed by atoms with van der Waals surface area (Å²) in [5.74, 6) is -1.68. The first-order chi connectivity index (χ1) is 16.8. The average Bonchev–Trinajstić information content (AvgIpc) is 3.51. The quantitative estimate of drug-likeness (QED) is 0.338. The van der Waals surface area contributed by atoms with E-state index < -0.39 is 17.4 Å². The molecule has 1 aliphatic heterocycles. The van der Waals surface area contributed by atoms with E-state index in [2.05, 4.69) is 36.9 Å². The summed E-state index contributed by atoms with van der Waals surface area (Å²) < 4.78 is 2.05. The van der Waals surface area contributed by atoms with Crippen LogP contribution in [0.5, 0.6) is 0 Å². The van der Waals surface area contributed by atoms with Gasteiger partial charge in [-0.15, -0.1) is 0 Å². The van der Waals surface area contributed by atoms with Crippen molar-refractivity contribution in [3.63, 3.8) is 0 Å². The number of aromatic amines is 1. The fourth-order valence-corrected chi connectivity index (χ4v) is 4.18. The highest BCUT2D eigenvalue weighted by Gasteiger charge is 2.29. The zero-order valence-corrected chi connectivity index (χ0v) is 19.6. The van der Waals surface area contributed by atoms with Crippen LogP contribution < -0.4 is 10.6 Å². The molecule has 0 unspecified atom stereocenters. The number of carboxylic acid groups (broad SMARTS) is 1. The first-order valence-corrected chi connectivity index (χ1v) is 11.6. The van der Waals surface area contributed by atoms with Gasteiger partial charge in [0.2, 0.25) is 0 Å². The molecule has 1 amide bonds. The molecule has 180 valence electrons. The lowest BCUT2D eigenvalue weighted by Crippen LogP contribution is -2.49. The average molecular weight is 474 g/mol. The topological polar surface area (TPSA) is 138 Å². The molecular formula is C25H27N7O3. The number of fused-ring (bicyclic) bond motifs is 1. The lowest BCUT2D eigenvalue weighted by molar-refractivity contribution is -0.143. The molecule has 10 heteroatoms. The molecule has 0 saturated carbocycles. The summed E-state index contributed by atoms with van der Waals surface area (Å²) in [6, 6.07) is 9.46. The van der Waals surface area contributed by atoms with Crippen LogP contribution >= 0.6 is 0 Å². The van der Waals surface area contributed by atoms with Gasteiger partial charge in [0, 0.05) is 28.9 Å². The zero-order valence-electron chi connectivity index (χ0n) is 19.6. The van der Waals surface area contributed by atoms with Crippen LogP contribution in [0.3, 0.4) is 0 Å². The molecule has 0 bridgehead atoms. The molecule has 4 aromatic heterocycles. The van der Waals surface area contributed by atoms with Crippen LogP contribution in [-0.2, 0) is 4.79 Å². The van der Waals surface area contributed by atoms with Gasteiger partial charge in [-0.1, -0.05) is 6.07 Å². The van der Waals surface area contributed by atoms with E-state index in [0.717, 1.165) is 53.8 Å². The predicted octanol–water partition coefficient (Wildman–Crippen LogP) is 3.01. The van der Waals surface area contributed by atoms with Crippen LogP contribution in [0.25, 0.3) is 33.5 Å². The molecule has 0 radical (unpaired) electrons. The number of nitrogens with zero attached hydrogens (tertiary/aromatic N) is 4. The van der Waals surface area contributed by atoms with E-state index in [1.807, 2.05) is 23.0 Å². The molecule has 35 heavy (non-hydrogen) atoms. The van der Waals surface area contributed by atoms with Crippen molar-refractivity contribution in [2.75, 3.05) is 13.1 Å². The van der Waals surface area contributed by atoms with Gasteiger partial charge in [0.05, 0.1) is 23.6 Å². The third-order valence-corrected chi connectivity index (χ3v) is 6.30. The Bertz CT molecular complexity index is 1400. The number of hydrogen-bond donors (Lipinski definition) is 4. The monoisotopic (exact) mass is 473 g/mol. The van der Waals surface area contributed by atoms with E-state index in [-0.39, 0.29) is 5.69 Å². The highest BCUT2D eigenvalue weighted by molar-refractivity contribution is 5.96. The third-order valence-electron chi connectivity index (χ3n) is 6.30. The fourth-order valence-electron chi connectivity index (χ4n) is 4.18. The van der Waals surface area contributed by atoms with E-state index in [0.29, 0.717) is 11.7 Å². The molecule has 0 spiro atoms. The smallest absolute Gasteiger partial charge is 0.328 e. The van der Waals surface area contributed by atoms with Crippen molar-refractivity contribution >= 4 is 22.9 Å². The number of rotatable bonds is 6.